The molecule has 0 bridgehead atoms. The average molecular weight is 1190 g/mol. The number of ether oxygens (including phenoxy) is 2. The minimum Gasteiger partial charge on any atom is -0.756 e. The Hall–Kier alpha value is -2.29. The summed E-state index contributed by atoms with van der Waals surface area (Å²) in [4.78, 5) is 38.0. The molecule has 83 heavy (non-hydrogen) atoms. The molecule has 0 N–H and O–H groups in total. The van der Waals surface area contributed by atoms with Crippen molar-refractivity contribution in [2.24, 2.45) is 0 Å². The van der Waals surface area contributed by atoms with Crippen LogP contribution in [0.3, 0.4) is 0 Å². The van der Waals surface area contributed by atoms with Crippen LogP contribution in [0.25, 0.3) is 0 Å². The Morgan fingerprint density at radius 3 is 1.02 bits per heavy atom. The van der Waals surface area contributed by atoms with Crippen molar-refractivity contribution in [2.75, 3.05) is 47.5 Å². The Kier molecular flexibility index (Phi) is 62.4. The summed E-state index contributed by atoms with van der Waals surface area (Å²) < 4.78 is 34.3. The molecule has 10 heteroatoms. The first-order valence-electron chi connectivity index (χ1n) is 35.5. The lowest BCUT2D eigenvalue weighted by Gasteiger charge is -2.28. The summed E-state index contributed by atoms with van der Waals surface area (Å²) in [7, 11) is 1.19. The highest BCUT2D eigenvalue weighted by Gasteiger charge is 2.22. The molecule has 0 radical (unpaired) electrons. The van der Waals surface area contributed by atoms with Gasteiger partial charge in [-0.3, -0.25) is 14.2 Å². The highest BCUT2D eigenvalue weighted by Crippen LogP contribution is 2.38. The molecule has 0 amide bonds. The number of phosphoric ester groups is 1. The Labute approximate surface area is 515 Å². The number of rotatable bonds is 66. The van der Waals surface area contributed by atoms with Crippen molar-refractivity contribution in [3.05, 3.63) is 60.8 Å². The van der Waals surface area contributed by atoms with E-state index in [9.17, 15) is 19.0 Å². The van der Waals surface area contributed by atoms with Crippen molar-refractivity contribution < 1.29 is 42.1 Å². The predicted molar refractivity (Wildman–Crippen MR) is 356 cm³/mol. The zero-order chi connectivity index (χ0) is 60.5. The topological polar surface area (TPSA) is 111 Å². The van der Waals surface area contributed by atoms with Crippen LogP contribution in [0.4, 0.5) is 0 Å². The summed E-state index contributed by atoms with van der Waals surface area (Å²) >= 11 is 0. The number of nitrogens with zero attached hydrogens (tertiary/aromatic N) is 1. The van der Waals surface area contributed by atoms with Gasteiger partial charge in [-0.05, 0) is 57.8 Å². The predicted octanol–water partition coefficient (Wildman–Crippen LogP) is 22.4. The maximum absolute atomic E-state index is 12.9. The maximum atomic E-state index is 12.9. The fourth-order valence-electron chi connectivity index (χ4n) is 10.4. The van der Waals surface area contributed by atoms with Gasteiger partial charge in [-0.25, -0.2) is 0 Å². The molecule has 2 atom stereocenters. The SMILES string of the molecule is CC/C=C\C/C=C\C/C=C\C/C=C\C/C=C\CCCCCCCCCCCCCCCCCCCCCCCCCC(=O)OC(COC(=O)CCCCCCCCCCCCCCCCCCCCCC)COP(=O)([O-])OCC[N+](C)(C)C. The average Bonchev–Trinajstić information content (AvgIpc) is 3.48. The quantitative estimate of drug-likeness (QED) is 0.0195. The first kappa shape index (κ1) is 80.7. The molecule has 0 saturated carbocycles. The van der Waals surface area contributed by atoms with E-state index in [4.69, 9.17) is 18.5 Å². The maximum Gasteiger partial charge on any atom is 0.306 e. The lowest BCUT2D eigenvalue weighted by Crippen LogP contribution is -2.37. The number of hydrogen-bond donors (Lipinski definition) is 0. The first-order chi connectivity index (χ1) is 40.5. The molecular weight excluding hydrogens is 1050 g/mol. The second-order valence-electron chi connectivity index (χ2n) is 25.2. The van der Waals surface area contributed by atoms with Gasteiger partial charge in [-0.2, -0.15) is 0 Å². The van der Waals surface area contributed by atoms with Crippen molar-refractivity contribution >= 4 is 19.8 Å². The third kappa shape index (κ3) is 68.7. The van der Waals surface area contributed by atoms with Gasteiger partial charge in [0.2, 0.25) is 0 Å². The van der Waals surface area contributed by atoms with Gasteiger partial charge in [0.1, 0.15) is 19.8 Å². The second kappa shape index (κ2) is 64.2. The van der Waals surface area contributed by atoms with Gasteiger partial charge in [0.25, 0.3) is 7.82 Å². The normalized spacial score (nSPS) is 13.5. The fraction of sp³-hybridized carbons (Fsp3) is 0.836. The van der Waals surface area contributed by atoms with Crippen molar-refractivity contribution in [1.29, 1.82) is 0 Å². The van der Waals surface area contributed by atoms with Gasteiger partial charge in [0.15, 0.2) is 6.10 Å². The summed E-state index contributed by atoms with van der Waals surface area (Å²) in [5.41, 5.74) is 0. The van der Waals surface area contributed by atoms with Crippen molar-refractivity contribution in [2.45, 2.75) is 347 Å². The van der Waals surface area contributed by atoms with Gasteiger partial charge in [0.05, 0.1) is 27.7 Å². The first-order valence-corrected chi connectivity index (χ1v) is 37.0. The highest BCUT2D eigenvalue weighted by atomic mass is 31.2. The van der Waals surface area contributed by atoms with Crippen LogP contribution in [0.1, 0.15) is 341 Å². The van der Waals surface area contributed by atoms with Gasteiger partial charge < -0.3 is 27.9 Å². The third-order valence-corrected chi connectivity index (χ3v) is 16.8. The molecule has 0 aliphatic heterocycles. The van der Waals surface area contributed by atoms with Gasteiger partial charge >= 0.3 is 11.9 Å². The summed E-state index contributed by atoms with van der Waals surface area (Å²) in [5, 5.41) is 0. The van der Waals surface area contributed by atoms with Crippen molar-refractivity contribution in [3.8, 4) is 0 Å². The second-order valence-corrected chi connectivity index (χ2v) is 26.6. The molecule has 486 valence electrons. The monoisotopic (exact) mass is 1190 g/mol. The number of phosphoric acid groups is 1. The molecule has 0 rings (SSSR count). The largest absolute Gasteiger partial charge is 0.756 e. The molecule has 0 aliphatic carbocycles. The van der Waals surface area contributed by atoms with E-state index in [1.54, 1.807) is 0 Å². The van der Waals surface area contributed by atoms with Gasteiger partial charge in [0, 0.05) is 12.8 Å². The minimum absolute atomic E-state index is 0.0280. The van der Waals surface area contributed by atoms with Crippen LogP contribution < -0.4 is 4.89 Å². The summed E-state index contributed by atoms with van der Waals surface area (Å²) in [6.07, 6.45) is 84.6. The summed E-state index contributed by atoms with van der Waals surface area (Å²) in [5.74, 6) is -0.812. The number of quaternary nitrogens is 1. The number of likely N-dealkylation sites (N-methyl/N-ethyl adjacent to an activating group) is 1. The Morgan fingerprint density at radius 1 is 0.386 bits per heavy atom. The Bertz CT molecular complexity index is 1580. The van der Waals surface area contributed by atoms with E-state index >= 15 is 0 Å². The number of carbonyl (C=O) groups excluding carboxylic acids is 2. The molecule has 0 heterocycles. The Morgan fingerprint density at radius 2 is 0.687 bits per heavy atom. The van der Waals surface area contributed by atoms with Gasteiger partial charge in [-0.15, -0.1) is 0 Å². The Balaban J connectivity index is 3.92. The smallest absolute Gasteiger partial charge is 0.306 e. The molecule has 0 fully saturated rings. The zero-order valence-corrected chi connectivity index (χ0v) is 56.3. The molecule has 0 aliphatic rings. The highest BCUT2D eigenvalue weighted by molar-refractivity contribution is 7.45. The number of unbranched alkanes of at least 4 members (excludes halogenated alkanes) is 42. The molecule has 0 saturated heterocycles. The molecule has 0 spiro atoms. The van der Waals surface area contributed by atoms with Crippen LogP contribution in [0.15, 0.2) is 60.8 Å². The van der Waals surface area contributed by atoms with E-state index in [2.05, 4.69) is 74.6 Å². The van der Waals surface area contributed by atoms with E-state index in [1.165, 1.54) is 244 Å². The molecule has 0 aromatic carbocycles. The zero-order valence-electron chi connectivity index (χ0n) is 55.4. The molecular formula is C73H136NO8P. The standard InChI is InChI=1S/C73H136NO8P/c1-6-8-10-12-14-16-18-20-22-24-26-28-29-30-31-32-33-34-35-36-37-38-39-40-41-42-43-44-45-46-48-50-52-54-56-58-60-62-64-66-73(76)82-71(70-81-83(77,78)80-68-67-74(3,4)5)69-79-72(75)65-63-61-59-57-55-53-51-49-47-27-25-23-21-19-17-15-13-11-9-7-2/h8,10,14,16,20,22,26,28,30-31,71H,6-7,9,11-13,15,17-19,21,23-25,27,29,32-70H2,1-5H3/b10-8-,16-14-,22-20-,28-26-,31-30-. The van der Waals surface area contributed by atoms with Crippen LogP contribution in [0.5, 0.6) is 0 Å². The van der Waals surface area contributed by atoms with E-state index in [-0.39, 0.29) is 32.0 Å². The van der Waals surface area contributed by atoms with E-state index < -0.39 is 26.5 Å². The number of allylic oxidation sites excluding steroid dienone is 10. The van der Waals surface area contributed by atoms with Crippen LogP contribution >= 0.6 is 7.82 Å². The van der Waals surface area contributed by atoms with Gasteiger partial charge in [-0.1, -0.05) is 331 Å². The molecule has 0 aromatic heterocycles. The van der Waals surface area contributed by atoms with Crippen molar-refractivity contribution in [3.63, 3.8) is 0 Å². The van der Waals surface area contributed by atoms with E-state index in [0.717, 1.165) is 64.2 Å². The van der Waals surface area contributed by atoms with E-state index in [0.29, 0.717) is 17.4 Å². The fourth-order valence-corrected chi connectivity index (χ4v) is 11.1. The lowest BCUT2D eigenvalue weighted by molar-refractivity contribution is -0.870. The lowest BCUT2D eigenvalue weighted by atomic mass is 10.0. The van der Waals surface area contributed by atoms with Crippen molar-refractivity contribution in [1.82, 2.24) is 0 Å². The summed E-state index contributed by atoms with van der Waals surface area (Å²) in [6, 6.07) is 0. The number of carbonyl (C=O) groups is 2. The van der Waals surface area contributed by atoms with Crippen LogP contribution in [-0.2, 0) is 32.7 Å². The summed E-state index contributed by atoms with van der Waals surface area (Å²) in [6.45, 7) is 4.19. The van der Waals surface area contributed by atoms with E-state index in [1.807, 2.05) is 21.1 Å². The van der Waals surface area contributed by atoms with Crippen LogP contribution in [0, 0.1) is 0 Å². The molecule has 2 unspecified atom stereocenters. The van der Waals surface area contributed by atoms with Crippen LogP contribution in [0.2, 0.25) is 0 Å². The number of esters is 2. The third-order valence-electron chi connectivity index (χ3n) is 15.8. The molecule has 9 nitrogen and oxygen atoms in total. The molecule has 0 aromatic rings. The number of hydrogen-bond acceptors (Lipinski definition) is 8. The minimum atomic E-state index is -4.64. The van der Waals surface area contributed by atoms with Crippen LogP contribution in [-0.4, -0.2) is 70.0 Å².